The summed E-state index contributed by atoms with van der Waals surface area (Å²) < 4.78 is 4.82. The summed E-state index contributed by atoms with van der Waals surface area (Å²) in [7, 11) is 4.92. The van der Waals surface area contributed by atoms with E-state index in [1.54, 1.807) is 23.8 Å². The van der Waals surface area contributed by atoms with Gasteiger partial charge in [0.25, 0.3) is 5.24 Å². The van der Waals surface area contributed by atoms with Crippen LogP contribution in [0.5, 0.6) is 0 Å². The first-order valence-corrected chi connectivity index (χ1v) is 13.7. The highest BCUT2D eigenvalue weighted by Crippen LogP contribution is 2.16. The molecule has 0 aliphatic rings. The highest BCUT2D eigenvalue weighted by molar-refractivity contribution is 8.13. The zero-order valence-electron chi connectivity index (χ0n) is 23.3. The van der Waals surface area contributed by atoms with Crippen molar-refractivity contribution in [3.63, 3.8) is 0 Å². The van der Waals surface area contributed by atoms with Gasteiger partial charge >= 0.3 is 5.97 Å². The van der Waals surface area contributed by atoms with Crippen LogP contribution in [0.25, 0.3) is 0 Å². The third-order valence-corrected chi connectivity index (χ3v) is 6.41. The van der Waals surface area contributed by atoms with E-state index >= 15 is 0 Å². The monoisotopic (exact) mass is 558 g/mol. The number of amidine groups is 1. The van der Waals surface area contributed by atoms with E-state index in [4.69, 9.17) is 10.5 Å². The Morgan fingerprint density at radius 1 is 0.949 bits per heavy atom. The van der Waals surface area contributed by atoms with Crippen molar-refractivity contribution in [1.29, 1.82) is 0 Å². The first-order valence-electron chi connectivity index (χ1n) is 12.7. The number of hydrogen-bond acceptors (Lipinski definition) is 6. The summed E-state index contributed by atoms with van der Waals surface area (Å²) in [6.07, 6.45) is 1.37. The number of esters is 1. The molecule has 1 unspecified atom stereocenters. The molecule has 0 bridgehead atoms. The summed E-state index contributed by atoms with van der Waals surface area (Å²) in [6.45, 7) is 5.46. The van der Waals surface area contributed by atoms with Crippen molar-refractivity contribution < 1.29 is 19.1 Å². The normalized spacial score (nSPS) is 11.3. The van der Waals surface area contributed by atoms with Crippen molar-refractivity contribution in [2.75, 3.05) is 33.5 Å². The van der Waals surface area contributed by atoms with Crippen LogP contribution in [-0.2, 0) is 27.4 Å². The average Bonchev–Trinajstić information content (AvgIpc) is 2.91. The zero-order valence-corrected chi connectivity index (χ0v) is 24.1. The molecule has 2 amide bonds. The Balaban J connectivity index is 0.000000821. The number of carbonyl (C=O) groups is 3. The predicted octanol–water partition coefficient (Wildman–Crippen LogP) is 5.61. The van der Waals surface area contributed by atoms with Gasteiger partial charge < -0.3 is 20.3 Å². The molecular weight excluding hydrogens is 512 g/mol. The second-order valence-electron chi connectivity index (χ2n) is 8.87. The molecule has 0 heterocycles. The fourth-order valence-corrected chi connectivity index (χ4v) is 4.06. The van der Waals surface area contributed by atoms with Gasteiger partial charge in [0, 0.05) is 40.2 Å². The van der Waals surface area contributed by atoms with Crippen LogP contribution >= 0.6 is 11.8 Å². The summed E-state index contributed by atoms with van der Waals surface area (Å²) in [4.78, 5) is 43.2. The molecule has 0 spiro atoms. The molecule has 9 heteroatoms. The number of aliphatic imine (C=N–C) groups is 1. The van der Waals surface area contributed by atoms with Gasteiger partial charge in [0.15, 0.2) is 0 Å². The van der Waals surface area contributed by atoms with Crippen LogP contribution in [-0.4, -0.2) is 66.3 Å². The molecular formula is C30H46N4O4S. The lowest BCUT2D eigenvalue weighted by Gasteiger charge is -2.20. The van der Waals surface area contributed by atoms with Gasteiger partial charge in [0.05, 0.1) is 18.9 Å². The second kappa shape index (κ2) is 20.6. The summed E-state index contributed by atoms with van der Waals surface area (Å²) in [6, 6.07) is 19.7. The van der Waals surface area contributed by atoms with Gasteiger partial charge in [-0.2, -0.15) is 0 Å². The van der Waals surface area contributed by atoms with E-state index < -0.39 is 5.92 Å². The Morgan fingerprint density at radius 2 is 1.46 bits per heavy atom. The molecule has 1 atom stereocenters. The third-order valence-electron chi connectivity index (χ3n) is 5.56. The number of rotatable bonds is 12. The summed E-state index contributed by atoms with van der Waals surface area (Å²) in [5.74, 6) is 0.466. The Kier molecular flexibility index (Phi) is 18.9. The van der Waals surface area contributed by atoms with E-state index in [9.17, 15) is 14.4 Å². The van der Waals surface area contributed by atoms with Crippen molar-refractivity contribution in [3.8, 4) is 0 Å². The van der Waals surface area contributed by atoms with Crippen LogP contribution < -0.4 is 5.73 Å². The molecule has 0 aromatic heterocycles. The molecule has 39 heavy (non-hydrogen) atoms. The van der Waals surface area contributed by atoms with Gasteiger partial charge in [-0.1, -0.05) is 86.8 Å². The zero-order chi connectivity index (χ0) is 28.3. The van der Waals surface area contributed by atoms with E-state index in [0.717, 1.165) is 11.3 Å². The summed E-state index contributed by atoms with van der Waals surface area (Å²) in [5, 5.41) is 0.136. The molecule has 8 nitrogen and oxygen atoms in total. The minimum Gasteiger partial charge on any atom is -0.469 e. The fourth-order valence-electron chi connectivity index (χ4n) is 3.53. The average molecular weight is 559 g/mol. The van der Waals surface area contributed by atoms with E-state index in [1.807, 2.05) is 74.6 Å². The Bertz CT molecular complexity index is 999. The van der Waals surface area contributed by atoms with E-state index in [0.29, 0.717) is 38.3 Å². The highest BCUT2D eigenvalue weighted by atomic mass is 32.2. The van der Waals surface area contributed by atoms with Crippen LogP contribution in [0.15, 0.2) is 65.7 Å². The summed E-state index contributed by atoms with van der Waals surface area (Å²) in [5.41, 5.74) is 7.70. The Labute approximate surface area is 239 Å². The lowest BCUT2D eigenvalue weighted by molar-refractivity contribution is -0.149. The van der Waals surface area contributed by atoms with Gasteiger partial charge in [-0.3, -0.25) is 19.4 Å². The van der Waals surface area contributed by atoms with Crippen LogP contribution in [0.3, 0.4) is 0 Å². The first kappa shape index (κ1) is 35.7. The van der Waals surface area contributed by atoms with Gasteiger partial charge in [0.1, 0.15) is 0 Å². The number of ether oxygens (including phenoxy) is 1. The Hall–Kier alpha value is -3.33. The number of hydrogen-bond donors (Lipinski definition) is 1. The quantitative estimate of drug-likeness (QED) is 0.157. The Morgan fingerprint density at radius 3 is 1.92 bits per heavy atom. The minimum atomic E-state index is -0.450. The van der Waals surface area contributed by atoms with E-state index in [-0.39, 0.29) is 31.0 Å². The molecule has 0 saturated carbocycles. The van der Waals surface area contributed by atoms with Crippen LogP contribution in [0.4, 0.5) is 4.79 Å². The maximum atomic E-state index is 12.4. The molecule has 216 valence electrons. The number of nitrogens with two attached hydrogens (primary N) is 1. The van der Waals surface area contributed by atoms with Crippen molar-refractivity contribution >= 4 is 34.7 Å². The van der Waals surface area contributed by atoms with Gasteiger partial charge in [-0.05, 0) is 36.6 Å². The van der Waals surface area contributed by atoms with E-state index in [1.165, 1.54) is 24.4 Å². The summed E-state index contributed by atoms with van der Waals surface area (Å²) >= 11 is 1.35. The van der Waals surface area contributed by atoms with Crippen molar-refractivity contribution in [3.05, 3.63) is 71.8 Å². The van der Waals surface area contributed by atoms with Gasteiger partial charge in [-0.25, -0.2) is 0 Å². The second-order valence-corrected chi connectivity index (χ2v) is 10.1. The number of benzene rings is 2. The lowest BCUT2D eigenvalue weighted by atomic mass is 9.98. The molecule has 2 aromatic carbocycles. The van der Waals surface area contributed by atoms with E-state index in [2.05, 4.69) is 4.99 Å². The van der Waals surface area contributed by atoms with Gasteiger partial charge in [-0.15, -0.1) is 0 Å². The lowest BCUT2D eigenvalue weighted by Crippen LogP contribution is -2.30. The first-order chi connectivity index (χ1) is 18.2. The predicted molar refractivity (Wildman–Crippen MR) is 163 cm³/mol. The topological polar surface area (TPSA) is 105 Å². The molecule has 0 fully saturated rings. The largest absolute Gasteiger partial charge is 0.469 e. The number of thioether (sulfide) groups is 1. The van der Waals surface area contributed by atoms with Crippen LogP contribution in [0.2, 0.25) is 0 Å². The molecule has 0 aliphatic heterocycles. The number of amides is 2. The van der Waals surface area contributed by atoms with Crippen molar-refractivity contribution in [2.45, 2.75) is 53.6 Å². The van der Waals surface area contributed by atoms with Crippen LogP contribution in [0, 0.1) is 5.92 Å². The molecule has 0 saturated heterocycles. The molecule has 0 radical (unpaired) electrons. The minimum absolute atomic E-state index is 0. The van der Waals surface area contributed by atoms with Crippen LogP contribution in [0.1, 0.15) is 51.7 Å². The van der Waals surface area contributed by atoms with Crippen molar-refractivity contribution in [1.82, 2.24) is 9.80 Å². The van der Waals surface area contributed by atoms with Gasteiger partial charge in [0.2, 0.25) is 5.91 Å². The SMILES string of the molecule is C.CCSC(=O)N(C)Cc1ccccc1.COC(=O)C(CCCN=C(C)N)CC(=O)N(C)Cc1ccccc1. The number of nitrogens with zero attached hydrogens (tertiary/aromatic N) is 3. The highest BCUT2D eigenvalue weighted by Gasteiger charge is 2.24. The fraction of sp³-hybridized carbons (Fsp3) is 0.467. The maximum absolute atomic E-state index is 12.4. The molecule has 2 aromatic rings. The maximum Gasteiger partial charge on any atom is 0.309 e. The smallest absolute Gasteiger partial charge is 0.309 e. The standard InChI is InChI=1S/C18H27N3O3.C11H15NOS.CH4/c1-14(19)20-11-7-10-16(18(23)24-3)12-17(22)21(2)13-15-8-5-4-6-9-15;1-3-14-11(13)12(2)9-10-7-5-4-6-8-10;/h4-6,8-9,16H,7,10-13H2,1-3H3,(H2,19,20);4-8H,3,9H2,1-2H3;1H4. The molecule has 2 rings (SSSR count). The molecule has 0 aliphatic carbocycles. The third kappa shape index (κ3) is 15.6. The van der Waals surface area contributed by atoms with Crippen molar-refractivity contribution in [2.24, 2.45) is 16.6 Å². The molecule has 2 N–H and O–H groups in total. The number of carbonyl (C=O) groups excluding carboxylic acids is 3. The number of methoxy groups -OCH3 is 1.